The number of amides is 1. The van der Waals surface area contributed by atoms with Gasteiger partial charge >= 0.3 is 0 Å². The van der Waals surface area contributed by atoms with Crippen LogP contribution in [-0.2, 0) is 15.6 Å². The summed E-state index contributed by atoms with van der Waals surface area (Å²) in [6, 6.07) is 17.1. The van der Waals surface area contributed by atoms with Crippen LogP contribution in [0.2, 0.25) is 0 Å². The fourth-order valence-electron chi connectivity index (χ4n) is 4.25. The monoisotopic (exact) mass is 457 g/mol. The van der Waals surface area contributed by atoms with Crippen LogP contribution in [-0.4, -0.2) is 40.6 Å². The minimum absolute atomic E-state index is 0.154. The van der Waals surface area contributed by atoms with E-state index in [9.17, 15) is 13.2 Å². The van der Waals surface area contributed by atoms with Gasteiger partial charge < -0.3 is 10.1 Å². The van der Waals surface area contributed by atoms with E-state index in [1.807, 2.05) is 30.3 Å². The van der Waals surface area contributed by atoms with Crippen molar-refractivity contribution in [2.24, 2.45) is 0 Å². The summed E-state index contributed by atoms with van der Waals surface area (Å²) >= 11 is 0. The predicted molar refractivity (Wildman–Crippen MR) is 126 cm³/mol. The molecule has 2 aromatic carbocycles. The summed E-state index contributed by atoms with van der Waals surface area (Å²) in [6.07, 6.45) is 4.35. The Balaban J connectivity index is 1.72. The molecule has 1 aliphatic rings. The topological polar surface area (TPSA) is 96.5 Å². The van der Waals surface area contributed by atoms with Crippen LogP contribution in [0.25, 0.3) is 0 Å². The lowest BCUT2D eigenvalue weighted by atomic mass is 9.68. The van der Waals surface area contributed by atoms with Crippen molar-refractivity contribution in [3.05, 3.63) is 78.4 Å². The summed E-state index contributed by atoms with van der Waals surface area (Å²) in [5.74, 6) is 0.345. The van der Waals surface area contributed by atoms with E-state index in [0.29, 0.717) is 30.7 Å². The average molecular weight is 458 g/mol. The minimum atomic E-state index is -3.57. The second kappa shape index (κ2) is 10.8. The Bertz CT molecular complexity index is 1020. The van der Waals surface area contributed by atoms with Crippen LogP contribution < -0.4 is 19.5 Å². The molecule has 0 spiro atoms. The van der Waals surface area contributed by atoms with E-state index in [1.54, 1.807) is 19.2 Å². The van der Waals surface area contributed by atoms with Crippen LogP contribution in [0.1, 0.15) is 41.6 Å². The normalized spacial score (nSPS) is 21.0. The Kier molecular flexibility index (Phi) is 8.06. The highest BCUT2D eigenvalue weighted by molar-refractivity contribution is 7.87. The molecular formula is C24H31N3O4S. The molecule has 0 aliphatic heterocycles. The Morgan fingerprint density at radius 3 is 2.44 bits per heavy atom. The second-order valence-corrected chi connectivity index (χ2v) is 9.59. The molecule has 1 amide bonds. The van der Waals surface area contributed by atoms with Crippen molar-refractivity contribution in [3.8, 4) is 5.75 Å². The lowest BCUT2D eigenvalue weighted by Gasteiger charge is -2.41. The molecule has 32 heavy (non-hydrogen) atoms. The Morgan fingerprint density at radius 2 is 1.78 bits per heavy atom. The van der Waals surface area contributed by atoms with Crippen molar-refractivity contribution in [1.82, 2.24) is 14.8 Å². The molecule has 0 heterocycles. The molecule has 0 aromatic heterocycles. The number of benzene rings is 2. The van der Waals surface area contributed by atoms with Gasteiger partial charge in [-0.05, 0) is 43.4 Å². The van der Waals surface area contributed by atoms with Gasteiger partial charge in [0.1, 0.15) is 5.75 Å². The second-order valence-electron chi connectivity index (χ2n) is 8.06. The first-order valence-corrected chi connectivity index (χ1v) is 12.2. The molecule has 0 atom stereocenters. The number of rotatable bonds is 10. The van der Waals surface area contributed by atoms with E-state index in [2.05, 4.69) is 33.5 Å². The van der Waals surface area contributed by atoms with Gasteiger partial charge in [-0.1, -0.05) is 48.5 Å². The van der Waals surface area contributed by atoms with Crippen molar-refractivity contribution in [2.45, 2.75) is 37.1 Å². The van der Waals surface area contributed by atoms with E-state index >= 15 is 0 Å². The van der Waals surface area contributed by atoms with Gasteiger partial charge in [0, 0.05) is 24.5 Å². The van der Waals surface area contributed by atoms with Crippen molar-refractivity contribution in [1.29, 1.82) is 0 Å². The lowest BCUT2D eigenvalue weighted by molar-refractivity contribution is 0.0932. The lowest BCUT2D eigenvalue weighted by Crippen LogP contribution is -2.49. The zero-order valence-corrected chi connectivity index (χ0v) is 19.2. The maximum absolute atomic E-state index is 12.9. The quantitative estimate of drug-likeness (QED) is 0.478. The van der Waals surface area contributed by atoms with Gasteiger partial charge in [0.2, 0.25) is 0 Å². The van der Waals surface area contributed by atoms with Crippen LogP contribution in [0.4, 0.5) is 0 Å². The number of carbonyl (C=O) groups excluding carboxylic acids is 1. The minimum Gasteiger partial charge on any atom is -0.496 e. The standard InChI is InChI=1S/C24H31N3O4S/c1-3-17-26-32(29,30)27-20-13-15-24(16-14-20,19-9-5-4-6-10-19)18-25-23(28)21-11-7-8-12-22(21)31-2/h3-12,20,26-27H,1,13-18H2,2H3,(H,25,28)/t20-,24-. The van der Waals surface area contributed by atoms with Crippen molar-refractivity contribution < 1.29 is 17.9 Å². The van der Waals surface area contributed by atoms with Gasteiger partial charge in [0.05, 0.1) is 12.7 Å². The molecule has 0 radical (unpaired) electrons. The molecule has 0 saturated heterocycles. The molecule has 2 aromatic rings. The first-order valence-electron chi connectivity index (χ1n) is 10.7. The molecule has 0 bridgehead atoms. The van der Waals surface area contributed by atoms with Crippen LogP contribution in [0.15, 0.2) is 67.3 Å². The van der Waals surface area contributed by atoms with Crippen LogP contribution in [0.5, 0.6) is 5.75 Å². The number of nitrogens with one attached hydrogen (secondary N) is 3. The van der Waals surface area contributed by atoms with E-state index in [0.717, 1.165) is 18.4 Å². The molecule has 3 rings (SSSR count). The summed E-state index contributed by atoms with van der Waals surface area (Å²) in [4.78, 5) is 12.9. The summed E-state index contributed by atoms with van der Waals surface area (Å²) in [5, 5.41) is 3.09. The Morgan fingerprint density at radius 1 is 1.12 bits per heavy atom. The fraction of sp³-hybridized carbons (Fsp3) is 0.375. The van der Waals surface area contributed by atoms with Gasteiger partial charge in [0.25, 0.3) is 16.1 Å². The van der Waals surface area contributed by atoms with Crippen LogP contribution in [0.3, 0.4) is 0 Å². The van der Waals surface area contributed by atoms with E-state index < -0.39 is 10.2 Å². The summed E-state index contributed by atoms with van der Waals surface area (Å²) in [6.45, 7) is 4.18. The molecule has 8 heteroatoms. The maximum atomic E-state index is 12.9. The smallest absolute Gasteiger partial charge is 0.277 e. The first-order chi connectivity index (χ1) is 15.4. The van der Waals surface area contributed by atoms with Crippen LogP contribution >= 0.6 is 0 Å². The summed E-state index contributed by atoms with van der Waals surface area (Å²) in [7, 11) is -2.02. The van der Waals surface area contributed by atoms with Gasteiger partial charge in [0.15, 0.2) is 0 Å². The molecule has 1 aliphatic carbocycles. The van der Waals surface area contributed by atoms with E-state index in [-0.39, 0.29) is 23.9 Å². The van der Waals surface area contributed by atoms with Crippen molar-refractivity contribution in [3.63, 3.8) is 0 Å². The number of carbonyl (C=O) groups is 1. The van der Waals surface area contributed by atoms with Gasteiger partial charge in [-0.15, -0.1) is 6.58 Å². The molecular weight excluding hydrogens is 426 g/mol. The third-order valence-corrected chi connectivity index (χ3v) is 7.20. The van der Waals surface area contributed by atoms with Gasteiger partial charge in [-0.3, -0.25) is 4.79 Å². The number of hydrogen-bond acceptors (Lipinski definition) is 4. The molecule has 172 valence electrons. The molecule has 1 fully saturated rings. The maximum Gasteiger partial charge on any atom is 0.277 e. The summed E-state index contributed by atoms with van der Waals surface area (Å²) < 4.78 is 34.9. The molecule has 3 N–H and O–H groups in total. The van der Waals surface area contributed by atoms with E-state index in [1.165, 1.54) is 6.08 Å². The largest absolute Gasteiger partial charge is 0.496 e. The number of ether oxygens (including phenoxy) is 1. The van der Waals surface area contributed by atoms with Crippen LogP contribution in [0, 0.1) is 0 Å². The van der Waals surface area contributed by atoms with Gasteiger partial charge in [-0.2, -0.15) is 17.9 Å². The van der Waals surface area contributed by atoms with Crippen molar-refractivity contribution in [2.75, 3.05) is 20.2 Å². The Labute approximate surface area is 190 Å². The SMILES string of the molecule is C=CCNS(=O)(=O)N[C@H]1CC[C@](CNC(=O)c2ccccc2OC)(c2ccccc2)CC1. The zero-order chi connectivity index (χ0) is 23.0. The number of para-hydroxylation sites is 1. The highest BCUT2D eigenvalue weighted by atomic mass is 32.2. The molecule has 1 saturated carbocycles. The van der Waals surface area contributed by atoms with E-state index in [4.69, 9.17) is 4.74 Å². The third kappa shape index (κ3) is 5.97. The molecule has 0 unspecified atom stereocenters. The van der Waals surface area contributed by atoms with Gasteiger partial charge in [-0.25, -0.2) is 0 Å². The number of hydrogen-bond donors (Lipinski definition) is 3. The average Bonchev–Trinajstić information content (AvgIpc) is 2.82. The highest BCUT2D eigenvalue weighted by Crippen LogP contribution is 2.39. The summed E-state index contributed by atoms with van der Waals surface area (Å²) in [5.41, 5.74) is 1.37. The predicted octanol–water partition coefficient (Wildman–Crippen LogP) is 2.92. The third-order valence-electron chi connectivity index (χ3n) is 6.01. The number of methoxy groups -OCH3 is 1. The Hall–Kier alpha value is -2.68. The zero-order valence-electron chi connectivity index (χ0n) is 18.3. The van der Waals surface area contributed by atoms with Crippen molar-refractivity contribution >= 4 is 16.1 Å². The highest BCUT2D eigenvalue weighted by Gasteiger charge is 2.38. The fourth-order valence-corrected chi connectivity index (χ4v) is 5.35. The molecule has 7 nitrogen and oxygen atoms in total. The first kappa shape index (κ1) is 24.0.